The molecule has 1 fully saturated rings. The lowest BCUT2D eigenvalue weighted by atomic mass is 9.99. The lowest BCUT2D eigenvalue weighted by Gasteiger charge is -2.40. The van der Waals surface area contributed by atoms with E-state index >= 15 is 0 Å². The van der Waals surface area contributed by atoms with E-state index in [2.05, 4.69) is 19.2 Å². The third-order valence-electron chi connectivity index (χ3n) is 14.9. The number of carbonyl (C=O) groups excluding carboxylic acids is 2. The third-order valence-corrected chi connectivity index (χ3v) is 14.9. The van der Waals surface area contributed by atoms with Gasteiger partial charge in [0, 0.05) is 12.8 Å². The normalized spacial score (nSPS) is 19.0. The average molecular weight is 1020 g/mol. The van der Waals surface area contributed by atoms with Crippen LogP contribution in [0.25, 0.3) is 0 Å². The molecule has 1 rings (SSSR count). The van der Waals surface area contributed by atoms with Crippen molar-refractivity contribution >= 4 is 11.9 Å². The number of aliphatic hydroxyl groups is 5. The summed E-state index contributed by atoms with van der Waals surface area (Å²) in [5, 5.41) is 54.2. The van der Waals surface area contributed by atoms with E-state index in [4.69, 9.17) is 14.2 Å². The lowest BCUT2D eigenvalue weighted by molar-refractivity contribution is -0.302. The summed E-state index contributed by atoms with van der Waals surface area (Å²) >= 11 is 0. The quantitative estimate of drug-likeness (QED) is 0.0195. The topological polar surface area (TPSA) is 175 Å². The number of allylic oxidation sites excluding steroid dienone is 1. The van der Waals surface area contributed by atoms with Crippen molar-refractivity contribution in [1.82, 2.24) is 5.32 Å². The van der Waals surface area contributed by atoms with Crippen LogP contribution in [0, 0.1) is 0 Å². The molecule has 11 nitrogen and oxygen atoms in total. The molecule has 7 atom stereocenters. The Morgan fingerprint density at radius 2 is 0.875 bits per heavy atom. The van der Waals surface area contributed by atoms with Crippen LogP contribution in [0.15, 0.2) is 12.2 Å². The van der Waals surface area contributed by atoms with Crippen LogP contribution in [-0.4, -0.2) is 100 Å². The molecule has 1 saturated heterocycles. The summed E-state index contributed by atoms with van der Waals surface area (Å²) in [7, 11) is 0. The second-order valence-corrected chi connectivity index (χ2v) is 21.8. The zero-order valence-corrected chi connectivity index (χ0v) is 46.9. The Morgan fingerprint density at radius 3 is 1.29 bits per heavy atom. The number of ether oxygens (including phenoxy) is 3. The predicted molar refractivity (Wildman–Crippen MR) is 297 cm³/mol. The van der Waals surface area contributed by atoms with Crippen molar-refractivity contribution in [2.75, 3.05) is 19.8 Å². The molecule has 0 saturated carbocycles. The minimum Gasteiger partial charge on any atom is -0.466 e. The first-order valence-corrected chi connectivity index (χ1v) is 31.0. The molecular formula is C61H117NO10. The summed E-state index contributed by atoms with van der Waals surface area (Å²) in [6.45, 7) is 4.32. The zero-order chi connectivity index (χ0) is 52.4. The van der Waals surface area contributed by atoms with Crippen LogP contribution in [0.1, 0.15) is 303 Å². The molecule has 6 N–H and O–H groups in total. The Balaban J connectivity index is 1.99. The van der Waals surface area contributed by atoms with Crippen molar-refractivity contribution < 1.29 is 49.3 Å². The number of aliphatic hydroxyl groups excluding tert-OH is 5. The molecule has 1 aliphatic heterocycles. The number of esters is 1. The fraction of sp³-hybridized carbons (Fsp3) is 0.934. The summed E-state index contributed by atoms with van der Waals surface area (Å²) < 4.78 is 16.7. The highest BCUT2D eigenvalue weighted by molar-refractivity contribution is 5.76. The number of rotatable bonds is 54. The van der Waals surface area contributed by atoms with Crippen LogP contribution < -0.4 is 5.32 Å². The monoisotopic (exact) mass is 1020 g/mol. The van der Waals surface area contributed by atoms with E-state index in [9.17, 15) is 35.1 Å². The third kappa shape index (κ3) is 40.7. The average Bonchev–Trinajstić information content (AvgIpc) is 3.38. The number of unbranched alkanes of at least 4 members (excludes halogenated alkanes) is 40. The predicted octanol–water partition coefficient (Wildman–Crippen LogP) is 14.3. The summed E-state index contributed by atoms with van der Waals surface area (Å²) in [5.41, 5.74) is 0. The number of nitrogens with one attached hydrogen (secondary N) is 1. The van der Waals surface area contributed by atoms with Gasteiger partial charge >= 0.3 is 5.97 Å². The molecule has 426 valence electrons. The van der Waals surface area contributed by atoms with E-state index in [1.54, 1.807) is 6.08 Å². The molecule has 1 heterocycles. The number of carbonyl (C=O) groups is 2. The van der Waals surface area contributed by atoms with Crippen molar-refractivity contribution in [1.29, 1.82) is 0 Å². The highest BCUT2D eigenvalue weighted by Crippen LogP contribution is 2.23. The van der Waals surface area contributed by atoms with Crippen LogP contribution in [0.5, 0.6) is 0 Å². The first-order chi connectivity index (χ1) is 35.2. The van der Waals surface area contributed by atoms with Crippen molar-refractivity contribution in [3.8, 4) is 0 Å². The van der Waals surface area contributed by atoms with Crippen LogP contribution in [0.2, 0.25) is 0 Å². The molecule has 0 spiro atoms. The van der Waals surface area contributed by atoms with Gasteiger partial charge < -0.3 is 45.1 Å². The molecule has 11 heteroatoms. The molecule has 0 radical (unpaired) electrons. The molecule has 72 heavy (non-hydrogen) atoms. The van der Waals surface area contributed by atoms with Crippen LogP contribution >= 0.6 is 0 Å². The van der Waals surface area contributed by atoms with E-state index in [-0.39, 0.29) is 18.5 Å². The summed E-state index contributed by atoms with van der Waals surface area (Å²) in [4.78, 5) is 25.1. The number of amides is 1. The molecule has 0 aromatic heterocycles. The Labute approximate surface area is 442 Å². The first-order valence-electron chi connectivity index (χ1n) is 31.0. The second kappa shape index (κ2) is 51.5. The van der Waals surface area contributed by atoms with Crippen LogP contribution in [-0.2, 0) is 23.8 Å². The SMILES string of the molecule is CCCCCCCCC/C=C/C(O)C(COC1OC(CO)C(O)C(O)C1O)NC(=O)CCCCCCCCCCCCCCCCCCCCOC(=O)CCCCCCCCCCCCCCCCCCC. The van der Waals surface area contributed by atoms with Crippen molar-refractivity contribution in [2.45, 2.75) is 346 Å². The minimum atomic E-state index is -1.57. The Kier molecular flexibility index (Phi) is 48.9. The van der Waals surface area contributed by atoms with E-state index < -0.39 is 49.5 Å². The fourth-order valence-corrected chi connectivity index (χ4v) is 9.97. The highest BCUT2D eigenvalue weighted by Gasteiger charge is 2.44. The molecule has 1 aliphatic rings. The maximum Gasteiger partial charge on any atom is 0.305 e. The molecule has 0 bridgehead atoms. The van der Waals surface area contributed by atoms with Crippen LogP contribution in [0.4, 0.5) is 0 Å². The molecule has 0 aromatic rings. The Morgan fingerprint density at radius 1 is 0.500 bits per heavy atom. The van der Waals surface area contributed by atoms with Crippen molar-refractivity contribution in [3.05, 3.63) is 12.2 Å². The maximum absolute atomic E-state index is 13.0. The maximum atomic E-state index is 13.0. The molecule has 0 aliphatic carbocycles. The molecule has 7 unspecified atom stereocenters. The minimum absolute atomic E-state index is 0.00409. The van der Waals surface area contributed by atoms with Gasteiger partial charge in [-0.25, -0.2) is 0 Å². The van der Waals surface area contributed by atoms with Gasteiger partial charge in [-0.1, -0.05) is 270 Å². The van der Waals surface area contributed by atoms with Gasteiger partial charge in [-0.05, 0) is 32.1 Å². The Hall–Kier alpha value is -1.60. The molecule has 0 aromatic carbocycles. The van der Waals surface area contributed by atoms with Gasteiger partial charge in [-0.15, -0.1) is 0 Å². The van der Waals surface area contributed by atoms with E-state index in [1.807, 2.05) is 6.08 Å². The van der Waals surface area contributed by atoms with E-state index in [0.717, 1.165) is 64.2 Å². The van der Waals surface area contributed by atoms with Gasteiger partial charge in [-0.3, -0.25) is 9.59 Å². The fourth-order valence-electron chi connectivity index (χ4n) is 9.97. The van der Waals surface area contributed by atoms with Gasteiger partial charge in [0.1, 0.15) is 24.4 Å². The number of hydrogen-bond donors (Lipinski definition) is 6. The van der Waals surface area contributed by atoms with Gasteiger partial charge in [0.2, 0.25) is 5.91 Å². The summed E-state index contributed by atoms with van der Waals surface area (Å²) in [6, 6.07) is -0.810. The zero-order valence-electron chi connectivity index (χ0n) is 46.9. The smallest absolute Gasteiger partial charge is 0.305 e. The van der Waals surface area contributed by atoms with Crippen molar-refractivity contribution in [3.63, 3.8) is 0 Å². The highest BCUT2D eigenvalue weighted by atomic mass is 16.7. The van der Waals surface area contributed by atoms with Gasteiger partial charge in [-0.2, -0.15) is 0 Å². The summed E-state index contributed by atoms with van der Waals surface area (Å²) in [5.74, 6) is -0.191. The first kappa shape index (κ1) is 68.4. The van der Waals surface area contributed by atoms with Crippen molar-refractivity contribution in [2.24, 2.45) is 0 Å². The number of hydrogen-bond acceptors (Lipinski definition) is 10. The van der Waals surface area contributed by atoms with Crippen LogP contribution in [0.3, 0.4) is 0 Å². The van der Waals surface area contributed by atoms with E-state index in [0.29, 0.717) is 19.4 Å². The summed E-state index contributed by atoms with van der Waals surface area (Å²) in [6.07, 6.45) is 50.3. The van der Waals surface area contributed by atoms with Gasteiger partial charge in [0.25, 0.3) is 0 Å². The largest absolute Gasteiger partial charge is 0.466 e. The molecule has 1 amide bonds. The Bertz CT molecular complexity index is 1200. The van der Waals surface area contributed by atoms with Gasteiger partial charge in [0.15, 0.2) is 6.29 Å². The lowest BCUT2D eigenvalue weighted by Crippen LogP contribution is -2.60. The van der Waals surface area contributed by atoms with Gasteiger partial charge in [0.05, 0.1) is 32.0 Å². The molecular weight excluding hydrogens is 907 g/mol. The second-order valence-electron chi connectivity index (χ2n) is 21.8. The standard InChI is InChI=1S/C61H117NO10/c1-3-5-7-9-11-13-14-15-16-19-23-26-29-33-37-41-45-49-57(66)70-50-46-42-38-34-30-27-24-21-18-17-20-22-25-28-32-36-40-44-48-56(65)62-53(54(64)47-43-39-35-31-12-10-8-6-4-2)52-71-61-60(69)59(68)58(67)55(51-63)72-61/h43,47,53-55,58-61,63-64,67-69H,3-42,44-46,48-52H2,1-2H3,(H,62,65)/b47-43+. The van der Waals surface area contributed by atoms with E-state index in [1.165, 1.54) is 212 Å².